The van der Waals surface area contributed by atoms with Crippen molar-refractivity contribution in [1.82, 2.24) is 24.5 Å². The van der Waals surface area contributed by atoms with Gasteiger partial charge in [0, 0.05) is 31.1 Å². The van der Waals surface area contributed by atoms with Gasteiger partial charge in [-0.1, -0.05) is 36.4 Å². The molecule has 8 heteroatoms. The summed E-state index contributed by atoms with van der Waals surface area (Å²) in [5.41, 5.74) is 6.89. The van der Waals surface area contributed by atoms with Crippen LogP contribution in [-0.4, -0.2) is 50.0 Å². The lowest BCUT2D eigenvalue weighted by Crippen LogP contribution is -2.52. The molecule has 1 N–H and O–H groups in total. The van der Waals surface area contributed by atoms with Gasteiger partial charge in [0.25, 0.3) is 5.91 Å². The van der Waals surface area contributed by atoms with Gasteiger partial charge >= 0.3 is 0 Å². The van der Waals surface area contributed by atoms with Gasteiger partial charge in [0.2, 0.25) is 11.8 Å². The van der Waals surface area contributed by atoms with Crippen molar-refractivity contribution in [2.24, 2.45) is 0 Å². The number of pyridine rings is 1. The number of rotatable bonds is 6. The Bertz CT molecular complexity index is 1560. The Hall–Kier alpha value is -4.30. The van der Waals surface area contributed by atoms with E-state index in [1.54, 1.807) is 11.2 Å². The number of imidazole rings is 1. The van der Waals surface area contributed by atoms with E-state index < -0.39 is 11.9 Å². The first-order valence-electron chi connectivity index (χ1n) is 12.9. The molecule has 2 aliphatic heterocycles. The molecular weight excluding hydrogens is 478 g/mol. The zero-order valence-corrected chi connectivity index (χ0v) is 21.4. The van der Waals surface area contributed by atoms with Crippen LogP contribution in [0.3, 0.4) is 0 Å². The van der Waals surface area contributed by atoms with Crippen molar-refractivity contribution in [3.63, 3.8) is 0 Å². The van der Waals surface area contributed by atoms with Crippen molar-refractivity contribution in [3.8, 4) is 11.3 Å². The molecule has 38 heavy (non-hydrogen) atoms. The van der Waals surface area contributed by atoms with Crippen LogP contribution in [0.2, 0.25) is 0 Å². The Morgan fingerprint density at radius 3 is 2.68 bits per heavy atom. The zero-order chi connectivity index (χ0) is 26.4. The normalized spacial score (nSPS) is 18.2. The van der Waals surface area contributed by atoms with E-state index in [2.05, 4.69) is 70.0 Å². The highest BCUT2D eigenvalue weighted by Gasteiger charge is 2.39. The maximum atomic E-state index is 13.1. The Labute approximate surface area is 220 Å². The summed E-state index contributed by atoms with van der Waals surface area (Å²) in [5, 5.41) is 2.36. The van der Waals surface area contributed by atoms with Crippen molar-refractivity contribution in [2.45, 2.75) is 44.9 Å². The topological polar surface area (TPSA) is 87.0 Å². The number of imide groups is 1. The summed E-state index contributed by atoms with van der Waals surface area (Å²) < 4.78 is 2.06. The summed E-state index contributed by atoms with van der Waals surface area (Å²) in [6.07, 6.45) is 4.25. The summed E-state index contributed by atoms with van der Waals surface area (Å²) in [7, 11) is 2.13. The zero-order valence-electron chi connectivity index (χ0n) is 21.4. The molecule has 1 saturated heterocycles. The van der Waals surface area contributed by atoms with Gasteiger partial charge in [-0.05, 0) is 66.9 Å². The number of benzene rings is 2. The lowest BCUT2D eigenvalue weighted by atomic mass is 10.0. The van der Waals surface area contributed by atoms with E-state index >= 15 is 0 Å². The summed E-state index contributed by atoms with van der Waals surface area (Å²) in [5.74, 6) is -0.853. The van der Waals surface area contributed by atoms with Crippen LogP contribution in [0.4, 0.5) is 0 Å². The van der Waals surface area contributed by atoms with Crippen molar-refractivity contribution in [2.75, 3.05) is 7.05 Å². The highest BCUT2D eigenvalue weighted by molar-refractivity contribution is 6.05. The number of hydrogen-bond donors (Lipinski definition) is 1. The lowest BCUT2D eigenvalue weighted by molar-refractivity contribution is -0.136. The van der Waals surface area contributed by atoms with Gasteiger partial charge in [-0.25, -0.2) is 4.98 Å². The summed E-state index contributed by atoms with van der Waals surface area (Å²) in [6, 6.07) is 20.3. The molecule has 1 fully saturated rings. The van der Waals surface area contributed by atoms with Crippen LogP contribution in [0.1, 0.15) is 52.9 Å². The molecule has 0 saturated carbocycles. The molecule has 6 rings (SSSR count). The number of fused-ring (bicyclic) bond motifs is 2. The van der Waals surface area contributed by atoms with Crippen molar-refractivity contribution in [3.05, 3.63) is 95.4 Å². The molecule has 2 aromatic heterocycles. The Morgan fingerprint density at radius 2 is 1.89 bits per heavy atom. The van der Waals surface area contributed by atoms with Crippen molar-refractivity contribution in [1.29, 1.82) is 0 Å². The SMILES string of the molecule is C[C@H](c1ccccc1)N(C)Cc1cc(-c2ccc3c(c2)CN(C2CCC(=O)NC2=O)C3=O)n2cncc2c1. The van der Waals surface area contributed by atoms with Gasteiger partial charge in [-0.2, -0.15) is 0 Å². The molecule has 4 aromatic rings. The standard InChI is InChI=1S/C30H29N5O3/c1-19(21-6-4-3-5-7-21)33(2)16-20-12-24-15-31-18-35(24)27(13-20)22-8-9-25-23(14-22)17-34(30(25)38)26-10-11-28(36)32-29(26)37/h3-9,12-15,18-19,26H,10-11,16-17H2,1-2H3,(H,32,36,37)/t19-,26?/m1/s1. The first-order valence-corrected chi connectivity index (χ1v) is 12.9. The van der Waals surface area contributed by atoms with Crippen LogP contribution in [-0.2, 0) is 22.7 Å². The summed E-state index contributed by atoms with van der Waals surface area (Å²) >= 11 is 0. The van der Waals surface area contributed by atoms with Gasteiger partial charge < -0.3 is 4.90 Å². The molecule has 0 aliphatic carbocycles. The first kappa shape index (κ1) is 24.1. The van der Waals surface area contributed by atoms with Gasteiger partial charge in [0.1, 0.15) is 6.04 Å². The van der Waals surface area contributed by atoms with E-state index in [1.807, 2.05) is 30.5 Å². The third-order valence-electron chi connectivity index (χ3n) is 7.78. The minimum Gasteiger partial charge on any atom is -0.322 e. The van der Waals surface area contributed by atoms with E-state index in [-0.39, 0.29) is 24.3 Å². The molecule has 4 heterocycles. The molecule has 192 valence electrons. The number of nitrogens with one attached hydrogen (secondary N) is 1. The molecule has 0 spiro atoms. The summed E-state index contributed by atoms with van der Waals surface area (Å²) in [4.78, 5) is 45.4. The minimum atomic E-state index is -0.623. The quantitative estimate of drug-likeness (QED) is 0.400. The largest absolute Gasteiger partial charge is 0.322 e. The monoisotopic (exact) mass is 507 g/mol. The fraction of sp³-hybridized carbons (Fsp3) is 0.267. The second-order valence-electron chi connectivity index (χ2n) is 10.2. The van der Waals surface area contributed by atoms with Gasteiger partial charge in [-0.3, -0.25) is 29.0 Å². The Kier molecular flexibility index (Phi) is 6.04. The first-order chi connectivity index (χ1) is 18.4. The number of nitrogens with zero attached hydrogens (tertiary/aromatic N) is 4. The average Bonchev–Trinajstić information content (AvgIpc) is 3.52. The smallest absolute Gasteiger partial charge is 0.255 e. The second kappa shape index (κ2) is 9.54. The van der Waals surface area contributed by atoms with Crippen LogP contribution in [0.15, 0.2) is 73.2 Å². The number of piperidine rings is 1. The van der Waals surface area contributed by atoms with Gasteiger partial charge in [-0.15, -0.1) is 0 Å². The molecule has 2 aliphatic rings. The predicted molar refractivity (Wildman–Crippen MR) is 143 cm³/mol. The third-order valence-corrected chi connectivity index (χ3v) is 7.78. The number of carbonyl (C=O) groups is 3. The van der Waals surface area contributed by atoms with Crippen LogP contribution in [0, 0.1) is 0 Å². The maximum Gasteiger partial charge on any atom is 0.255 e. The van der Waals surface area contributed by atoms with Crippen LogP contribution < -0.4 is 5.32 Å². The predicted octanol–water partition coefficient (Wildman–Crippen LogP) is 3.96. The number of hydrogen-bond acceptors (Lipinski definition) is 5. The van der Waals surface area contributed by atoms with Gasteiger partial charge in [0.15, 0.2) is 0 Å². The van der Waals surface area contributed by atoms with Crippen molar-refractivity contribution < 1.29 is 14.4 Å². The van der Waals surface area contributed by atoms with E-state index in [0.717, 1.165) is 28.9 Å². The molecule has 0 bridgehead atoms. The van der Waals surface area contributed by atoms with E-state index in [4.69, 9.17) is 0 Å². The van der Waals surface area contributed by atoms with Crippen molar-refractivity contribution >= 4 is 23.2 Å². The Balaban J connectivity index is 1.29. The fourth-order valence-corrected chi connectivity index (χ4v) is 5.55. The molecule has 8 nitrogen and oxygen atoms in total. The molecule has 3 amide bonds. The highest BCUT2D eigenvalue weighted by Crippen LogP contribution is 2.32. The molecule has 2 aromatic carbocycles. The number of aromatic nitrogens is 2. The molecule has 0 radical (unpaired) electrons. The van der Waals surface area contributed by atoms with Gasteiger partial charge in [0.05, 0.1) is 23.7 Å². The average molecular weight is 508 g/mol. The number of carbonyl (C=O) groups excluding carboxylic acids is 3. The Morgan fingerprint density at radius 1 is 1.08 bits per heavy atom. The maximum absolute atomic E-state index is 13.1. The highest BCUT2D eigenvalue weighted by atomic mass is 16.2. The van der Waals surface area contributed by atoms with E-state index in [0.29, 0.717) is 18.5 Å². The lowest BCUT2D eigenvalue weighted by Gasteiger charge is -2.29. The van der Waals surface area contributed by atoms with Crippen LogP contribution in [0.25, 0.3) is 16.8 Å². The molecule has 2 atom stereocenters. The minimum absolute atomic E-state index is 0.167. The summed E-state index contributed by atoms with van der Waals surface area (Å²) in [6.45, 7) is 3.31. The van der Waals surface area contributed by atoms with E-state index in [1.165, 1.54) is 11.1 Å². The molecule has 1 unspecified atom stereocenters. The van der Waals surface area contributed by atoms with Crippen LogP contribution in [0.5, 0.6) is 0 Å². The van der Waals surface area contributed by atoms with Crippen LogP contribution >= 0.6 is 0 Å². The second-order valence-corrected chi connectivity index (χ2v) is 10.2. The fourth-order valence-electron chi connectivity index (χ4n) is 5.55. The van der Waals surface area contributed by atoms with E-state index in [9.17, 15) is 14.4 Å². The molecular formula is C30H29N5O3. The third kappa shape index (κ3) is 4.26. The number of amides is 3.